The molecule has 1 N–H and O–H groups in total. The van der Waals surface area contributed by atoms with Crippen LogP contribution in [0.2, 0.25) is 0 Å². The molecule has 2 aliphatic heterocycles. The Morgan fingerprint density at radius 1 is 1.50 bits per heavy atom. The highest BCUT2D eigenvalue weighted by Gasteiger charge is 2.54. The number of aliphatic hydroxyl groups excluding tert-OH is 1. The molecule has 1 aromatic rings. The first kappa shape index (κ1) is 15.4. The molecule has 2 fully saturated rings. The maximum atomic E-state index is 12.2. The minimum absolute atomic E-state index is 0.00603. The maximum absolute atomic E-state index is 12.2. The SMILES string of the molecule is CCN1C[C@@H]2CCN(C(=O)CCO)C[C@]2(c2nc(C)no2)C1. The predicted octanol–water partition coefficient (Wildman–Crippen LogP) is 0.182. The van der Waals surface area contributed by atoms with E-state index in [0.29, 0.717) is 24.2 Å². The summed E-state index contributed by atoms with van der Waals surface area (Å²) in [4.78, 5) is 20.9. The van der Waals surface area contributed by atoms with Gasteiger partial charge in [0.1, 0.15) is 0 Å². The average Bonchev–Trinajstić information content (AvgIpc) is 3.10. The molecular formula is C15H24N4O3. The van der Waals surface area contributed by atoms with E-state index in [-0.39, 0.29) is 24.3 Å². The van der Waals surface area contributed by atoms with Gasteiger partial charge in [0.2, 0.25) is 11.8 Å². The minimum Gasteiger partial charge on any atom is -0.396 e. The third-order valence-corrected chi connectivity index (χ3v) is 5.07. The number of amides is 1. The molecule has 2 aliphatic rings. The number of likely N-dealkylation sites (tertiary alicyclic amines) is 2. The van der Waals surface area contributed by atoms with Gasteiger partial charge in [-0.05, 0) is 25.8 Å². The van der Waals surface area contributed by atoms with Crippen molar-refractivity contribution >= 4 is 5.91 Å². The van der Waals surface area contributed by atoms with Gasteiger partial charge in [0.05, 0.1) is 12.0 Å². The lowest BCUT2D eigenvalue weighted by atomic mass is 9.73. The van der Waals surface area contributed by atoms with Crippen molar-refractivity contribution in [2.45, 2.75) is 32.1 Å². The molecule has 0 unspecified atom stereocenters. The smallest absolute Gasteiger partial charge is 0.236 e. The van der Waals surface area contributed by atoms with Crippen molar-refractivity contribution in [1.82, 2.24) is 19.9 Å². The normalized spacial score (nSPS) is 28.9. The number of carbonyl (C=O) groups excluding carboxylic acids is 1. The fraction of sp³-hybridized carbons (Fsp3) is 0.800. The fourth-order valence-electron chi connectivity index (χ4n) is 3.87. The summed E-state index contributed by atoms with van der Waals surface area (Å²) in [6.45, 7) is 8.06. The third kappa shape index (κ3) is 2.52. The van der Waals surface area contributed by atoms with E-state index in [2.05, 4.69) is 22.0 Å². The average molecular weight is 308 g/mol. The van der Waals surface area contributed by atoms with Crippen LogP contribution in [0.4, 0.5) is 0 Å². The first-order chi connectivity index (χ1) is 10.6. The highest BCUT2D eigenvalue weighted by atomic mass is 16.5. The van der Waals surface area contributed by atoms with E-state index in [0.717, 1.165) is 32.6 Å². The Hall–Kier alpha value is -1.47. The van der Waals surface area contributed by atoms with Crippen molar-refractivity contribution < 1.29 is 14.4 Å². The maximum Gasteiger partial charge on any atom is 0.236 e. The molecule has 7 heteroatoms. The summed E-state index contributed by atoms with van der Waals surface area (Å²) in [5.41, 5.74) is -0.263. The molecule has 1 aromatic heterocycles. The topological polar surface area (TPSA) is 82.7 Å². The molecule has 3 heterocycles. The van der Waals surface area contributed by atoms with Crippen LogP contribution in [0, 0.1) is 12.8 Å². The molecule has 1 amide bonds. The Morgan fingerprint density at radius 2 is 2.32 bits per heavy atom. The van der Waals surface area contributed by atoms with E-state index in [1.165, 1.54) is 0 Å². The van der Waals surface area contributed by atoms with E-state index in [1.807, 2.05) is 11.8 Å². The number of aliphatic hydroxyl groups is 1. The standard InChI is InChI=1S/C15H24N4O3/c1-3-18-8-12-4-6-19(13(21)5-7-20)10-15(12,9-18)14-16-11(2)17-22-14/h12,20H,3-10H2,1-2H3/t12-,15+/m0/s1. The van der Waals surface area contributed by atoms with Gasteiger partial charge >= 0.3 is 0 Å². The number of hydrogen-bond donors (Lipinski definition) is 1. The van der Waals surface area contributed by atoms with E-state index in [4.69, 9.17) is 9.63 Å². The van der Waals surface area contributed by atoms with Gasteiger partial charge in [-0.25, -0.2) is 0 Å². The number of nitrogens with zero attached hydrogens (tertiary/aromatic N) is 4. The first-order valence-corrected chi connectivity index (χ1v) is 8.01. The Balaban J connectivity index is 1.90. The lowest BCUT2D eigenvalue weighted by molar-refractivity contribution is -0.135. The second-order valence-corrected chi connectivity index (χ2v) is 6.41. The lowest BCUT2D eigenvalue weighted by Gasteiger charge is -2.41. The number of rotatable bonds is 4. The predicted molar refractivity (Wildman–Crippen MR) is 79.2 cm³/mol. The number of likely N-dealkylation sites (N-methyl/N-ethyl adjacent to an activating group) is 1. The molecule has 3 rings (SSSR count). The summed E-state index contributed by atoms with van der Waals surface area (Å²) in [7, 11) is 0. The van der Waals surface area contributed by atoms with Crippen molar-refractivity contribution in [3.63, 3.8) is 0 Å². The monoisotopic (exact) mass is 308 g/mol. The molecule has 0 aromatic carbocycles. The van der Waals surface area contributed by atoms with Gasteiger partial charge in [0.25, 0.3) is 0 Å². The van der Waals surface area contributed by atoms with Crippen molar-refractivity contribution in [2.24, 2.45) is 5.92 Å². The van der Waals surface area contributed by atoms with Gasteiger partial charge < -0.3 is 19.4 Å². The summed E-state index contributed by atoms with van der Waals surface area (Å²) in [6.07, 6.45) is 1.12. The number of aromatic nitrogens is 2. The zero-order chi connectivity index (χ0) is 15.7. The van der Waals surface area contributed by atoms with Gasteiger partial charge in [-0.15, -0.1) is 0 Å². The largest absolute Gasteiger partial charge is 0.396 e. The second-order valence-electron chi connectivity index (χ2n) is 6.41. The number of fused-ring (bicyclic) bond motifs is 1. The van der Waals surface area contributed by atoms with Gasteiger partial charge in [-0.2, -0.15) is 4.98 Å². The Kier molecular flexibility index (Phi) is 4.18. The van der Waals surface area contributed by atoms with Crippen LogP contribution in [-0.2, 0) is 10.2 Å². The van der Waals surface area contributed by atoms with E-state index in [1.54, 1.807) is 0 Å². The number of carbonyl (C=O) groups is 1. The van der Waals surface area contributed by atoms with Crippen LogP contribution >= 0.6 is 0 Å². The summed E-state index contributed by atoms with van der Waals surface area (Å²) < 4.78 is 5.51. The number of aryl methyl sites for hydroxylation is 1. The molecule has 22 heavy (non-hydrogen) atoms. The van der Waals surface area contributed by atoms with E-state index < -0.39 is 0 Å². The van der Waals surface area contributed by atoms with Gasteiger partial charge in [0, 0.05) is 32.6 Å². The zero-order valence-electron chi connectivity index (χ0n) is 13.3. The van der Waals surface area contributed by atoms with E-state index in [9.17, 15) is 4.79 Å². The van der Waals surface area contributed by atoms with Crippen LogP contribution in [0.3, 0.4) is 0 Å². The zero-order valence-corrected chi connectivity index (χ0v) is 13.3. The summed E-state index contributed by atoms with van der Waals surface area (Å²) in [6, 6.07) is 0. The van der Waals surface area contributed by atoms with Crippen molar-refractivity contribution in [3.05, 3.63) is 11.7 Å². The van der Waals surface area contributed by atoms with Crippen LogP contribution < -0.4 is 0 Å². The summed E-state index contributed by atoms with van der Waals surface area (Å²) in [5.74, 6) is 1.74. The fourth-order valence-corrected chi connectivity index (χ4v) is 3.87. The van der Waals surface area contributed by atoms with E-state index >= 15 is 0 Å². The number of piperidine rings is 1. The molecule has 7 nitrogen and oxygen atoms in total. The molecule has 0 aliphatic carbocycles. The van der Waals surface area contributed by atoms with Gasteiger partial charge in [0.15, 0.2) is 5.82 Å². The molecule has 2 saturated heterocycles. The van der Waals surface area contributed by atoms with Gasteiger partial charge in [-0.3, -0.25) is 4.79 Å². The summed E-state index contributed by atoms with van der Waals surface area (Å²) >= 11 is 0. The quantitative estimate of drug-likeness (QED) is 0.854. The molecule has 0 bridgehead atoms. The highest BCUT2D eigenvalue weighted by molar-refractivity contribution is 5.76. The molecular weight excluding hydrogens is 284 g/mol. The third-order valence-electron chi connectivity index (χ3n) is 5.07. The van der Waals surface area contributed by atoms with Crippen molar-refractivity contribution in [3.8, 4) is 0 Å². The molecule has 0 saturated carbocycles. The lowest BCUT2D eigenvalue weighted by Crippen LogP contribution is -2.53. The molecule has 0 radical (unpaired) electrons. The van der Waals surface area contributed by atoms with Gasteiger partial charge in [-0.1, -0.05) is 12.1 Å². The Morgan fingerprint density at radius 3 is 2.95 bits per heavy atom. The Bertz CT molecular complexity index is 547. The number of hydrogen-bond acceptors (Lipinski definition) is 6. The second kappa shape index (κ2) is 5.96. The van der Waals surface area contributed by atoms with Crippen LogP contribution in [0.25, 0.3) is 0 Å². The van der Waals surface area contributed by atoms with Crippen molar-refractivity contribution in [2.75, 3.05) is 39.3 Å². The molecule has 122 valence electrons. The van der Waals surface area contributed by atoms with Crippen LogP contribution in [0.15, 0.2) is 4.52 Å². The minimum atomic E-state index is -0.263. The molecule has 2 atom stereocenters. The first-order valence-electron chi connectivity index (χ1n) is 8.01. The molecule has 0 spiro atoms. The van der Waals surface area contributed by atoms with Crippen LogP contribution in [0.1, 0.15) is 31.5 Å². The van der Waals surface area contributed by atoms with Crippen molar-refractivity contribution in [1.29, 1.82) is 0 Å². The van der Waals surface area contributed by atoms with Crippen LogP contribution in [0.5, 0.6) is 0 Å². The summed E-state index contributed by atoms with van der Waals surface area (Å²) in [5, 5.41) is 13.0. The van der Waals surface area contributed by atoms with Crippen LogP contribution in [-0.4, -0.2) is 70.3 Å². The highest BCUT2D eigenvalue weighted by Crippen LogP contribution is 2.43. The Labute approximate surface area is 130 Å².